The van der Waals surface area contributed by atoms with Crippen LogP contribution in [0.3, 0.4) is 0 Å². The lowest BCUT2D eigenvalue weighted by molar-refractivity contribution is 0.585. The minimum Gasteiger partial charge on any atom is -0.327 e. The van der Waals surface area contributed by atoms with Gasteiger partial charge in [-0.3, -0.25) is 0 Å². The molecule has 0 atom stereocenters. The van der Waals surface area contributed by atoms with Gasteiger partial charge in [-0.15, -0.1) is 0 Å². The fourth-order valence-electron chi connectivity index (χ4n) is 1.96. The first-order chi connectivity index (χ1) is 9.54. The minimum absolute atomic E-state index is 0.152. The first kappa shape index (κ1) is 13.0. The molecule has 1 heterocycles. The van der Waals surface area contributed by atoms with E-state index < -0.39 is 11.6 Å². The molecule has 3 rings (SSSR count). The average molecular weight is 290 g/mol. The summed E-state index contributed by atoms with van der Waals surface area (Å²) in [5.41, 5.74) is 2.18. The summed E-state index contributed by atoms with van der Waals surface area (Å²) in [6.45, 7) is 3.59. The van der Waals surface area contributed by atoms with Gasteiger partial charge >= 0.3 is 0 Å². The summed E-state index contributed by atoms with van der Waals surface area (Å²) in [4.78, 5) is 4.34. The van der Waals surface area contributed by atoms with Gasteiger partial charge < -0.3 is 5.32 Å². The number of hydrogen-bond donors (Lipinski definition) is 1. The number of aromatic nitrogens is 1. The van der Waals surface area contributed by atoms with Crippen LogP contribution in [0, 0.1) is 25.5 Å². The van der Waals surface area contributed by atoms with Gasteiger partial charge in [-0.25, -0.2) is 13.8 Å². The van der Waals surface area contributed by atoms with Gasteiger partial charge in [0.25, 0.3) is 0 Å². The number of nitrogens with zero attached hydrogens (tertiary/aromatic N) is 1. The molecule has 20 heavy (non-hydrogen) atoms. The van der Waals surface area contributed by atoms with Gasteiger partial charge in [-0.05, 0) is 43.2 Å². The predicted octanol–water partition coefficient (Wildman–Crippen LogP) is 4.93. The average Bonchev–Trinajstić information content (AvgIpc) is 2.81. The van der Waals surface area contributed by atoms with Gasteiger partial charge in [-0.1, -0.05) is 23.5 Å². The summed E-state index contributed by atoms with van der Waals surface area (Å²) in [6.07, 6.45) is 0. The molecule has 0 bridgehead atoms. The smallest absolute Gasteiger partial charge is 0.188 e. The second-order valence-corrected chi connectivity index (χ2v) is 5.70. The molecule has 102 valence electrons. The van der Waals surface area contributed by atoms with Gasteiger partial charge in [0, 0.05) is 0 Å². The molecular formula is C15H12F2N2S. The molecule has 1 N–H and O–H groups in total. The van der Waals surface area contributed by atoms with Crippen LogP contribution in [-0.2, 0) is 0 Å². The summed E-state index contributed by atoms with van der Waals surface area (Å²) in [6, 6.07) is 8.52. The van der Waals surface area contributed by atoms with E-state index in [0.29, 0.717) is 10.7 Å². The lowest BCUT2D eigenvalue weighted by Gasteiger charge is -2.07. The van der Waals surface area contributed by atoms with Crippen LogP contribution in [0.1, 0.15) is 11.1 Å². The van der Waals surface area contributed by atoms with Crippen LogP contribution < -0.4 is 5.32 Å². The Morgan fingerprint density at radius 1 is 1.10 bits per heavy atom. The standard InChI is InChI=1S/C15H12F2N2S/c1-8-3-6-11-12(7-8)20-15(18-11)19-14-10(16)5-4-9(2)13(14)17/h3-7H,1-2H3,(H,18,19). The molecule has 0 radical (unpaired) electrons. The number of halogens is 2. The maximum absolute atomic E-state index is 13.9. The van der Waals surface area contributed by atoms with Crippen molar-refractivity contribution in [2.24, 2.45) is 0 Å². The monoisotopic (exact) mass is 290 g/mol. The Labute approximate surface area is 119 Å². The van der Waals surface area contributed by atoms with E-state index in [1.807, 2.05) is 25.1 Å². The summed E-state index contributed by atoms with van der Waals surface area (Å²) in [7, 11) is 0. The highest BCUT2D eigenvalue weighted by Gasteiger charge is 2.13. The topological polar surface area (TPSA) is 24.9 Å². The Morgan fingerprint density at radius 3 is 2.70 bits per heavy atom. The molecule has 0 aliphatic heterocycles. The quantitative estimate of drug-likeness (QED) is 0.723. The number of nitrogens with one attached hydrogen (secondary N) is 1. The van der Waals surface area contributed by atoms with Gasteiger partial charge in [0.2, 0.25) is 0 Å². The van der Waals surface area contributed by atoms with Crippen LogP contribution in [0.2, 0.25) is 0 Å². The normalized spacial score (nSPS) is 11.0. The maximum atomic E-state index is 13.9. The molecule has 2 aromatic carbocycles. The summed E-state index contributed by atoms with van der Waals surface area (Å²) < 4.78 is 28.6. The highest BCUT2D eigenvalue weighted by atomic mass is 32.1. The molecule has 0 unspecified atom stereocenters. The number of hydrogen-bond acceptors (Lipinski definition) is 3. The van der Waals surface area contributed by atoms with Crippen molar-refractivity contribution in [1.82, 2.24) is 4.98 Å². The predicted molar refractivity (Wildman–Crippen MR) is 78.7 cm³/mol. The van der Waals surface area contributed by atoms with Crippen molar-refractivity contribution < 1.29 is 8.78 Å². The second kappa shape index (κ2) is 4.83. The summed E-state index contributed by atoms with van der Waals surface area (Å²) >= 11 is 1.37. The third kappa shape index (κ3) is 2.25. The molecule has 0 fully saturated rings. The molecule has 0 aliphatic carbocycles. The number of aryl methyl sites for hydroxylation is 2. The van der Waals surface area contributed by atoms with Crippen LogP contribution in [0.5, 0.6) is 0 Å². The number of anilines is 2. The van der Waals surface area contributed by atoms with E-state index in [4.69, 9.17) is 0 Å². The fourth-order valence-corrected chi connectivity index (χ4v) is 2.93. The van der Waals surface area contributed by atoms with Gasteiger partial charge in [0.15, 0.2) is 10.9 Å². The largest absolute Gasteiger partial charge is 0.327 e. The van der Waals surface area contributed by atoms with E-state index in [1.165, 1.54) is 23.5 Å². The van der Waals surface area contributed by atoms with Gasteiger partial charge in [0.05, 0.1) is 10.2 Å². The zero-order valence-electron chi connectivity index (χ0n) is 11.0. The minimum atomic E-state index is -0.622. The molecule has 5 heteroatoms. The van der Waals surface area contributed by atoms with Crippen molar-refractivity contribution in [2.75, 3.05) is 5.32 Å². The van der Waals surface area contributed by atoms with Crippen LogP contribution in [0.15, 0.2) is 30.3 Å². The van der Waals surface area contributed by atoms with E-state index in [1.54, 1.807) is 6.92 Å². The Bertz CT molecular complexity index is 796. The van der Waals surface area contributed by atoms with Crippen LogP contribution in [0.4, 0.5) is 19.6 Å². The van der Waals surface area contributed by atoms with E-state index in [9.17, 15) is 8.78 Å². The molecule has 0 saturated heterocycles. The Morgan fingerprint density at radius 2 is 1.90 bits per heavy atom. The highest BCUT2D eigenvalue weighted by molar-refractivity contribution is 7.22. The molecular weight excluding hydrogens is 278 g/mol. The van der Waals surface area contributed by atoms with E-state index in [2.05, 4.69) is 10.3 Å². The van der Waals surface area contributed by atoms with Crippen molar-refractivity contribution in [2.45, 2.75) is 13.8 Å². The Hall–Kier alpha value is -2.01. The molecule has 2 nitrogen and oxygen atoms in total. The molecule has 0 aliphatic rings. The zero-order valence-corrected chi connectivity index (χ0v) is 11.8. The molecule has 0 saturated carbocycles. The first-order valence-electron chi connectivity index (χ1n) is 6.13. The number of benzene rings is 2. The first-order valence-corrected chi connectivity index (χ1v) is 6.95. The zero-order chi connectivity index (χ0) is 14.3. The Kier molecular flexibility index (Phi) is 3.14. The van der Waals surface area contributed by atoms with Gasteiger partial charge in [-0.2, -0.15) is 0 Å². The SMILES string of the molecule is Cc1ccc2nc(Nc3c(F)ccc(C)c3F)sc2c1. The van der Waals surface area contributed by atoms with Crippen molar-refractivity contribution >= 4 is 32.4 Å². The molecule has 0 spiro atoms. The van der Waals surface area contributed by atoms with Crippen molar-refractivity contribution in [3.05, 3.63) is 53.1 Å². The van der Waals surface area contributed by atoms with Crippen molar-refractivity contribution in [1.29, 1.82) is 0 Å². The number of rotatable bonds is 2. The van der Waals surface area contributed by atoms with Crippen LogP contribution in [0.25, 0.3) is 10.2 Å². The third-order valence-corrected chi connectivity index (χ3v) is 3.99. The molecule has 1 aromatic heterocycles. The van der Waals surface area contributed by atoms with Crippen LogP contribution >= 0.6 is 11.3 Å². The highest BCUT2D eigenvalue weighted by Crippen LogP contribution is 2.31. The number of fused-ring (bicyclic) bond motifs is 1. The maximum Gasteiger partial charge on any atom is 0.188 e. The third-order valence-electron chi connectivity index (χ3n) is 3.06. The number of thiazole rings is 1. The summed E-state index contributed by atoms with van der Waals surface area (Å²) in [5.74, 6) is -1.20. The van der Waals surface area contributed by atoms with E-state index >= 15 is 0 Å². The lowest BCUT2D eigenvalue weighted by atomic mass is 10.2. The van der Waals surface area contributed by atoms with E-state index in [-0.39, 0.29) is 5.69 Å². The lowest BCUT2D eigenvalue weighted by Crippen LogP contribution is -1.98. The molecule has 0 amide bonds. The fraction of sp³-hybridized carbons (Fsp3) is 0.133. The van der Waals surface area contributed by atoms with Crippen LogP contribution in [-0.4, -0.2) is 4.98 Å². The van der Waals surface area contributed by atoms with Crippen molar-refractivity contribution in [3.8, 4) is 0 Å². The van der Waals surface area contributed by atoms with Gasteiger partial charge in [0.1, 0.15) is 11.5 Å². The molecule has 3 aromatic rings. The Balaban J connectivity index is 2.03. The second-order valence-electron chi connectivity index (χ2n) is 4.67. The van der Waals surface area contributed by atoms with Crippen molar-refractivity contribution in [3.63, 3.8) is 0 Å². The van der Waals surface area contributed by atoms with E-state index in [0.717, 1.165) is 15.8 Å². The summed E-state index contributed by atoms with van der Waals surface area (Å²) in [5, 5.41) is 3.23.